The van der Waals surface area contributed by atoms with Crippen molar-refractivity contribution in [2.75, 3.05) is 5.88 Å². The van der Waals surface area contributed by atoms with Gasteiger partial charge in [-0.15, -0.1) is 11.6 Å². The Morgan fingerprint density at radius 2 is 1.64 bits per heavy atom. The van der Waals surface area contributed by atoms with E-state index in [4.69, 9.17) is 16.3 Å². The van der Waals surface area contributed by atoms with Gasteiger partial charge in [-0.3, -0.25) is 9.59 Å². The number of ketones is 1. The summed E-state index contributed by atoms with van der Waals surface area (Å²) in [6.07, 6.45) is 16.2. The molecule has 3 saturated carbocycles. The molecule has 0 aromatic carbocycles. The van der Waals surface area contributed by atoms with Gasteiger partial charge < -0.3 is 9.84 Å². The number of esters is 1. The third-order valence-corrected chi connectivity index (χ3v) is 11.6. The topological polar surface area (TPSA) is 63.6 Å². The fraction of sp³-hybridized carbons (Fsp3) is 0.871. The van der Waals surface area contributed by atoms with Crippen molar-refractivity contribution in [3.63, 3.8) is 0 Å². The number of aliphatic hydroxyl groups is 1. The number of aliphatic hydroxyl groups excluding tert-OH is 1. The number of hydrogen-bond acceptors (Lipinski definition) is 4. The first-order valence-corrected chi connectivity index (χ1v) is 15.3. The number of carbonyl (C=O) groups excluding carboxylic acids is 2. The average Bonchev–Trinajstić information content (AvgIpc) is 3.08. The number of alkyl halides is 1. The van der Waals surface area contributed by atoms with E-state index >= 15 is 0 Å². The highest BCUT2D eigenvalue weighted by molar-refractivity contribution is 6.17. The maximum atomic E-state index is 12.5. The van der Waals surface area contributed by atoms with Gasteiger partial charge in [0.2, 0.25) is 0 Å². The van der Waals surface area contributed by atoms with E-state index in [1.54, 1.807) is 0 Å². The minimum Gasteiger partial charge on any atom is -0.459 e. The zero-order valence-corrected chi connectivity index (χ0v) is 23.9. The van der Waals surface area contributed by atoms with E-state index in [0.717, 1.165) is 62.8 Å². The molecule has 0 aromatic heterocycles. The first-order chi connectivity index (χ1) is 17.1. The molecule has 0 saturated heterocycles. The molecule has 4 nitrogen and oxygen atoms in total. The lowest BCUT2D eigenvalue weighted by atomic mass is 9.43. The van der Waals surface area contributed by atoms with E-state index in [0.29, 0.717) is 24.2 Å². The van der Waals surface area contributed by atoms with Crippen LogP contribution in [0.15, 0.2) is 11.6 Å². The Hall–Kier alpha value is -0.870. The molecule has 0 radical (unpaired) electrons. The summed E-state index contributed by atoms with van der Waals surface area (Å²) in [6.45, 7) is 8.37. The molecule has 5 heteroatoms. The average molecular weight is 521 g/mol. The van der Waals surface area contributed by atoms with Gasteiger partial charge in [0.25, 0.3) is 0 Å². The number of unbranched alkanes of at least 4 members (excludes halogenated alkanes) is 6. The molecule has 0 aliphatic heterocycles. The summed E-state index contributed by atoms with van der Waals surface area (Å²) in [4.78, 5) is 24.5. The van der Waals surface area contributed by atoms with Crippen molar-refractivity contribution < 1.29 is 19.4 Å². The van der Waals surface area contributed by atoms with Crippen LogP contribution in [0, 0.1) is 34.5 Å². The van der Waals surface area contributed by atoms with Crippen LogP contribution in [0.3, 0.4) is 0 Å². The molecule has 4 aliphatic rings. The standard InChI is InChI=1S/C31H49ClO4/c1-21(33)36-31(4)18-15-25-27-23(12-10-8-6-5-7-9-11-19-32)28(35)26-20-22(34)13-16-29(26,2)24(27)14-17-30(25,31)3/h20,23-25,27-28,35H,5-19H2,1-4H3/t23-,24-,25-,27+,28+,29+,30-,31-/m0/s1. The van der Waals surface area contributed by atoms with Crippen LogP contribution in [-0.2, 0) is 14.3 Å². The molecule has 0 amide bonds. The third-order valence-electron chi connectivity index (χ3n) is 11.3. The van der Waals surface area contributed by atoms with E-state index < -0.39 is 11.7 Å². The van der Waals surface area contributed by atoms with Crippen molar-refractivity contribution in [3.8, 4) is 0 Å². The van der Waals surface area contributed by atoms with E-state index in [1.165, 1.54) is 39.0 Å². The number of ether oxygens (including phenoxy) is 1. The van der Waals surface area contributed by atoms with Gasteiger partial charge >= 0.3 is 5.97 Å². The second-order valence-corrected chi connectivity index (χ2v) is 13.5. The van der Waals surface area contributed by atoms with E-state index in [-0.39, 0.29) is 28.5 Å². The fourth-order valence-electron chi connectivity index (χ4n) is 9.16. The predicted molar refractivity (Wildman–Crippen MR) is 145 cm³/mol. The fourth-order valence-corrected chi connectivity index (χ4v) is 9.35. The van der Waals surface area contributed by atoms with Crippen molar-refractivity contribution in [2.45, 2.75) is 129 Å². The highest BCUT2D eigenvalue weighted by Crippen LogP contribution is 2.69. The van der Waals surface area contributed by atoms with Crippen LogP contribution in [-0.4, -0.2) is 34.4 Å². The quantitative estimate of drug-likeness (QED) is 0.185. The van der Waals surface area contributed by atoms with Gasteiger partial charge in [0, 0.05) is 24.6 Å². The number of fused-ring (bicyclic) bond motifs is 5. The zero-order chi connectivity index (χ0) is 26.1. The first kappa shape index (κ1) is 28.1. The highest BCUT2D eigenvalue weighted by Gasteiger charge is 2.67. The minimum atomic E-state index is -0.535. The summed E-state index contributed by atoms with van der Waals surface area (Å²) >= 11 is 5.80. The lowest BCUT2D eigenvalue weighted by Crippen LogP contribution is -2.60. The summed E-state index contributed by atoms with van der Waals surface area (Å²) in [5.41, 5.74) is 0.420. The molecule has 4 aliphatic carbocycles. The minimum absolute atomic E-state index is 0.0672. The Bertz CT molecular complexity index is 854. The van der Waals surface area contributed by atoms with Crippen LogP contribution in [0.5, 0.6) is 0 Å². The molecule has 3 fully saturated rings. The molecular formula is C31H49ClO4. The third kappa shape index (κ3) is 4.95. The number of carbonyl (C=O) groups is 2. The summed E-state index contributed by atoms with van der Waals surface area (Å²) in [5.74, 6) is 2.27. The van der Waals surface area contributed by atoms with Crippen LogP contribution < -0.4 is 0 Å². The SMILES string of the molecule is CC(=O)O[C@@]1(C)CC[C@H]2[C@@H]3[C@H](CCCCCCCCCCl)[C@@H](O)C4=CC(=O)CC[C@]4(C)[C@H]3CC[C@@]21C. The van der Waals surface area contributed by atoms with E-state index in [9.17, 15) is 14.7 Å². The van der Waals surface area contributed by atoms with Gasteiger partial charge in [0.05, 0.1) is 6.10 Å². The Morgan fingerprint density at radius 1 is 1.00 bits per heavy atom. The molecule has 0 bridgehead atoms. The molecule has 0 unspecified atom stereocenters. The number of hydrogen-bond donors (Lipinski definition) is 1. The molecule has 0 aromatic rings. The van der Waals surface area contributed by atoms with Crippen molar-refractivity contribution >= 4 is 23.4 Å². The monoisotopic (exact) mass is 520 g/mol. The van der Waals surface area contributed by atoms with E-state index in [1.807, 2.05) is 6.08 Å². The van der Waals surface area contributed by atoms with Crippen molar-refractivity contribution in [2.24, 2.45) is 34.5 Å². The van der Waals surface area contributed by atoms with Gasteiger partial charge in [-0.1, -0.05) is 52.4 Å². The molecular weight excluding hydrogens is 472 g/mol. The lowest BCUT2D eigenvalue weighted by molar-refractivity contribution is -0.185. The van der Waals surface area contributed by atoms with Crippen molar-refractivity contribution in [1.29, 1.82) is 0 Å². The highest BCUT2D eigenvalue weighted by atomic mass is 35.5. The van der Waals surface area contributed by atoms with Gasteiger partial charge in [-0.25, -0.2) is 0 Å². The summed E-state index contributed by atoms with van der Waals surface area (Å²) in [5, 5.41) is 11.8. The number of halogens is 1. The largest absolute Gasteiger partial charge is 0.459 e. The smallest absolute Gasteiger partial charge is 0.303 e. The van der Waals surface area contributed by atoms with Gasteiger partial charge in [-0.05, 0) is 92.6 Å². The summed E-state index contributed by atoms with van der Waals surface area (Å²) in [6, 6.07) is 0. The van der Waals surface area contributed by atoms with Crippen LogP contribution in [0.1, 0.15) is 118 Å². The Morgan fingerprint density at radius 3 is 2.31 bits per heavy atom. The van der Waals surface area contributed by atoms with E-state index in [2.05, 4.69) is 20.8 Å². The molecule has 8 atom stereocenters. The molecule has 0 spiro atoms. The summed E-state index contributed by atoms with van der Waals surface area (Å²) in [7, 11) is 0. The molecule has 204 valence electrons. The lowest BCUT2D eigenvalue weighted by Gasteiger charge is -2.62. The van der Waals surface area contributed by atoms with Crippen LogP contribution in [0.2, 0.25) is 0 Å². The second kappa shape index (κ2) is 11.1. The molecule has 1 N–H and O–H groups in total. The van der Waals surface area contributed by atoms with Crippen LogP contribution in [0.4, 0.5) is 0 Å². The van der Waals surface area contributed by atoms with Crippen LogP contribution >= 0.6 is 11.6 Å². The van der Waals surface area contributed by atoms with Crippen LogP contribution in [0.25, 0.3) is 0 Å². The zero-order valence-electron chi connectivity index (χ0n) is 23.1. The maximum Gasteiger partial charge on any atom is 0.303 e. The molecule has 0 heterocycles. The Labute approximate surface area is 224 Å². The van der Waals surface area contributed by atoms with Gasteiger partial charge in [0.1, 0.15) is 5.60 Å². The Balaban J connectivity index is 1.56. The van der Waals surface area contributed by atoms with Crippen molar-refractivity contribution in [1.82, 2.24) is 0 Å². The molecule has 36 heavy (non-hydrogen) atoms. The molecule has 4 rings (SSSR count). The van der Waals surface area contributed by atoms with Gasteiger partial charge in [-0.2, -0.15) is 0 Å². The maximum absolute atomic E-state index is 12.5. The summed E-state index contributed by atoms with van der Waals surface area (Å²) < 4.78 is 6.05. The second-order valence-electron chi connectivity index (χ2n) is 13.2. The van der Waals surface area contributed by atoms with Gasteiger partial charge in [0.15, 0.2) is 5.78 Å². The predicted octanol–water partition coefficient (Wildman–Crippen LogP) is 7.40. The first-order valence-electron chi connectivity index (χ1n) is 14.8. The Kier molecular flexibility index (Phi) is 8.67. The van der Waals surface area contributed by atoms with Crippen molar-refractivity contribution in [3.05, 3.63) is 11.6 Å². The normalized spacial score (nSPS) is 41.8. The number of rotatable bonds is 10.